The fourth-order valence-electron chi connectivity index (χ4n) is 2.73. The lowest BCUT2D eigenvalue weighted by Crippen LogP contribution is -2.40. The number of aromatic nitrogens is 2. The third-order valence-electron chi connectivity index (χ3n) is 4.59. The molecular formula is C18H20N4O3S2. The van der Waals surface area contributed by atoms with Gasteiger partial charge in [0, 0.05) is 25.0 Å². The van der Waals surface area contributed by atoms with Gasteiger partial charge >= 0.3 is 0 Å². The normalized spacial score (nSPS) is 15.5. The lowest BCUT2D eigenvalue weighted by atomic mass is 10.1. The monoisotopic (exact) mass is 404 g/mol. The van der Waals surface area contributed by atoms with Crippen LogP contribution in [0.25, 0.3) is 0 Å². The summed E-state index contributed by atoms with van der Waals surface area (Å²) in [6.07, 6.45) is 1.35. The van der Waals surface area contributed by atoms with E-state index in [1.54, 1.807) is 12.1 Å². The molecule has 142 valence electrons. The average Bonchev–Trinajstić information content (AvgIpc) is 2.68. The molecule has 0 saturated carbocycles. The maximum Gasteiger partial charge on any atom is 0.244 e. The molecule has 7 nitrogen and oxygen atoms in total. The molecule has 0 N–H and O–H groups in total. The van der Waals surface area contributed by atoms with Crippen LogP contribution in [0.1, 0.15) is 22.4 Å². The van der Waals surface area contributed by atoms with E-state index in [0.717, 1.165) is 16.8 Å². The number of morpholine rings is 1. The molecular weight excluding hydrogens is 384 g/mol. The number of aryl methyl sites for hydroxylation is 1. The van der Waals surface area contributed by atoms with Gasteiger partial charge in [-0.15, -0.1) is 0 Å². The highest BCUT2D eigenvalue weighted by Gasteiger charge is 2.26. The zero-order valence-corrected chi connectivity index (χ0v) is 17.0. The second kappa shape index (κ2) is 7.94. The third-order valence-corrected chi connectivity index (χ3v) is 7.41. The lowest BCUT2D eigenvalue weighted by molar-refractivity contribution is 0.0730. The van der Waals surface area contributed by atoms with Crippen molar-refractivity contribution >= 4 is 21.8 Å². The summed E-state index contributed by atoms with van der Waals surface area (Å²) in [5.41, 5.74) is 3.28. The Kier molecular flexibility index (Phi) is 5.81. The largest absolute Gasteiger partial charge is 0.379 e. The predicted molar refractivity (Wildman–Crippen MR) is 101 cm³/mol. The van der Waals surface area contributed by atoms with Gasteiger partial charge in [0.1, 0.15) is 21.0 Å². The summed E-state index contributed by atoms with van der Waals surface area (Å²) in [6.45, 7) is 7.23. The zero-order chi connectivity index (χ0) is 19.6. The number of hydrogen-bond acceptors (Lipinski definition) is 7. The molecule has 2 aromatic heterocycles. The predicted octanol–water partition coefficient (Wildman–Crippen LogP) is 2.45. The van der Waals surface area contributed by atoms with Gasteiger partial charge in [0.15, 0.2) is 0 Å². The molecule has 3 rings (SSSR count). The zero-order valence-electron chi connectivity index (χ0n) is 15.4. The first-order valence-electron chi connectivity index (χ1n) is 8.44. The van der Waals surface area contributed by atoms with Crippen molar-refractivity contribution in [2.75, 3.05) is 26.3 Å². The van der Waals surface area contributed by atoms with Crippen LogP contribution < -0.4 is 0 Å². The Morgan fingerprint density at radius 3 is 2.48 bits per heavy atom. The molecule has 9 heteroatoms. The molecule has 27 heavy (non-hydrogen) atoms. The van der Waals surface area contributed by atoms with Crippen LogP contribution >= 0.6 is 11.8 Å². The van der Waals surface area contributed by atoms with Gasteiger partial charge in [0.25, 0.3) is 0 Å². The van der Waals surface area contributed by atoms with Gasteiger partial charge in [0.2, 0.25) is 10.0 Å². The quantitative estimate of drug-likeness (QED) is 0.772. The molecule has 0 bridgehead atoms. The first-order chi connectivity index (χ1) is 12.8. The van der Waals surface area contributed by atoms with Crippen molar-refractivity contribution in [3.8, 4) is 6.07 Å². The Balaban J connectivity index is 1.86. The van der Waals surface area contributed by atoms with Gasteiger partial charge < -0.3 is 4.74 Å². The van der Waals surface area contributed by atoms with E-state index in [-0.39, 0.29) is 4.90 Å². The van der Waals surface area contributed by atoms with Gasteiger partial charge in [-0.2, -0.15) is 9.57 Å². The minimum absolute atomic E-state index is 0.151. The molecule has 0 amide bonds. The van der Waals surface area contributed by atoms with Crippen LogP contribution in [-0.4, -0.2) is 49.0 Å². The average molecular weight is 405 g/mol. The highest BCUT2D eigenvalue weighted by atomic mass is 32.2. The van der Waals surface area contributed by atoms with E-state index in [1.165, 1.54) is 22.3 Å². The summed E-state index contributed by atoms with van der Waals surface area (Å²) in [5.74, 6) is 0. The van der Waals surface area contributed by atoms with Crippen molar-refractivity contribution in [1.82, 2.24) is 14.3 Å². The maximum absolute atomic E-state index is 12.7. The van der Waals surface area contributed by atoms with E-state index in [0.29, 0.717) is 41.9 Å². The molecule has 1 fully saturated rings. The molecule has 1 saturated heterocycles. The Morgan fingerprint density at radius 1 is 1.19 bits per heavy atom. The van der Waals surface area contributed by atoms with E-state index >= 15 is 0 Å². The van der Waals surface area contributed by atoms with Crippen molar-refractivity contribution in [2.24, 2.45) is 0 Å². The highest BCUT2D eigenvalue weighted by Crippen LogP contribution is 2.31. The molecule has 0 aliphatic carbocycles. The maximum atomic E-state index is 12.7. The number of nitrogens with zero attached hydrogens (tertiary/aromatic N) is 4. The Morgan fingerprint density at radius 2 is 1.89 bits per heavy atom. The van der Waals surface area contributed by atoms with Crippen molar-refractivity contribution in [3.05, 3.63) is 40.7 Å². The van der Waals surface area contributed by atoms with Gasteiger partial charge in [-0.1, -0.05) is 0 Å². The van der Waals surface area contributed by atoms with Crippen LogP contribution in [0.5, 0.6) is 0 Å². The molecule has 3 heterocycles. The topological polar surface area (TPSA) is 96.2 Å². The minimum Gasteiger partial charge on any atom is -0.379 e. The molecule has 0 unspecified atom stereocenters. The van der Waals surface area contributed by atoms with E-state index in [9.17, 15) is 13.7 Å². The number of pyridine rings is 2. The Bertz CT molecular complexity index is 993. The second-order valence-corrected chi connectivity index (χ2v) is 9.14. The fraction of sp³-hybridized carbons (Fsp3) is 0.389. The van der Waals surface area contributed by atoms with Crippen molar-refractivity contribution in [1.29, 1.82) is 5.26 Å². The third kappa shape index (κ3) is 3.99. The number of rotatable bonds is 4. The fourth-order valence-corrected chi connectivity index (χ4v) is 5.01. The molecule has 0 atom stereocenters. The molecule has 0 spiro atoms. The standard InChI is InChI=1S/C18H20N4O3S2/c1-12-13(2)16(10-19)18(21-14(12)3)26-17-5-4-15(11-20-17)27(23,24)22-6-8-25-9-7-22/h4-5,11H,6-9H2,1-3H3. The second-order valence-electron chi connectivity index (χ2n) is 6.19. The summed E-state index contributed by atoms with van der Waals surface area (Å²) >= 11 is 1.26. The number of sulfonamides is 1. The van der Waals surface area contributed by atoms with Crippen LogP contribution in [0.4, 0.5) is 0 Å². The van der Waals surface area contributed by atoms with Crippen LogP contribution in [0, 0.1) is 32.1 Å². The van der Waals surface area contributed by atoms with Crippen molar-refractivity contribution in [3.63, 3.8) is 0 Å². The summed E-state index contributed by atoms with van der Waals surface area (Å²) in [6, 6.07) is 5.39. The smallest absolute Gasteiger partial charge is 0.244 e. The molecule has 1 aliphatic rings. The van der Waals surface area contributed by atoms with Crippen LogP contribution in [0.15, 0.2) is 33.3 Å². The Labute approximate surface area is 163 Å². The summed E-state index contributed by atoms with van der Waals surface area (Å²) in [4.78, 5) is 8.92. The molecule has 0 radical (unpaired) electrons. The van der Waals surface area contributed by atoms with E-state index in [4.69, 9.17) is 4.74 Å². The van der Waals surface area contributed by atoms with E-state index in [1.807, 2.05) is 20.8 Å². The first kappa shape index (κ1) is 19.8. The summed E-state index contributed by atoms with van der Waals surface area (Å²) in [7, 11) is -3.57. The lowest BCUT2D eigenvalue weighted by Gasteiger charge is -2.25. The number of hydrogen-bond donors (Lipinski definition) is 0. The highest BCUT2D eigenvalue weighted by molar-refractivity contribution is 7.99. The Hall–Kier alpha value is -1.99. The number of ether oxygens (including phenoxy) is 1. The SMILES string of the molecule is Cc1nc(Sc2ccc(S(=O)(=O)N3CCOCC3)cn2)c(C#N)c(C)c1C. The van der Waals surface area contributed by atoms with Crippen molar-refractivity contribution in [2.45, 2.75) is 35.7 Å². The molecule has 0 aromatic carbocycles. The van der Waals surface area contributed by atoms with E-state index in [2.05, 4.69) is 16.0 Å². The van der Waals surface area contributed by atoms with Gasteiger partial charge in [-0.3, -0.25) is 0 Å². The molecule has 2 aromatic rings. The van der Waals surface area contributed by atoms with E-state index < -0.39 is 10.0 Å². The van der Waals surface area contributed by atoms with Gasteiger partial charge in [0.05, 0.1) is 18.8 Å². The number of nitriles is 1. The molecule has 1 aliphatic heterocycles. The van der Waals surface area contributed by atoms with Gasteiger partial charge in [-0.05, 0) is 55.8 Å². The van der Waals surface area contributed by atoms with Crippen LogP contribution in [0.3, 0.4) is 0 Å². The van der Waals surface area contributed by atoms with Crippen LogP contribution in [-0.2, 0) is 14.8 Å². The first-order valence-corrected chi connectivity index (χ1v) is 10.7. The minimum atomic E-state index is -3.57. The summed E-state index contributed by atoms with van der Waals surface area (Å²) < 4.78 is 31.9. The van der Waals surface area contributed by atoms with Gasteiger partial charge in [-0.25, -0.2) is 18.4 Å². The summed E-state index contributed by atoms with van der Waals surface area (Å²) in [5, 5.41) is 10.6. The van der Waals surface area contributed by atoms with Crippen molar-refractivity contribution < 1.29 is 13.2 Å². The van der Waals surface area contributed by atoms with Crippen LogP contribution in [0.2, 0.25) is 0 Å².